The first kappa shape index (κ1) is 16.4. The van der Waals surface area contributed by atoms with Crippen LogP contribution in [0.5, 0.6) is 0 Å². The van der Waals surface area contributed by atoms with Gasteiger partial charge in [0.2, 0.25) is 0 Å². The summed E-state index contributed by atoms with van der Waals surface area (Å²) in [6.07, 6.45) is 3.42. The summed E-state index contributed by atoms with van der Waals surface area (Å²) in [6, 6.07) is 7.80. The summed E-state index contributed by atoms with van der Waals surface area (Å²) < 4.78 is 9.32. The lowest BCUT2D eigenvalue weighted by Gasteiger charge is -2.13. The molecule has 0 fully saturated rings. The van der Waals surface area contributed by atoms with Crippen molar-refractivity contribution in [2.24, 2.45) is 14.1 Å². The molecular weight excluding hydrogens is 328 g/mol. The molecule has 0 saturated carbocycles. The Kier molecular flexibility index (Phi) is 3.61. The summed E-state index contributed by atoms with van der Waals surface area (Å²) in [6.45, 7) is 6.44. The zero-order chi connectivity index (χ0) is 18.5. The minimum Gasteiger partial charge on any atom is -0.461 e. The molecular formula is C19H22N6O. The number of nitrogens with one attached hydrogen (secondary N) is 1. The Bertz CT molecular complexity index is 1070. The monoisotopic (exact) mass is 350 g/mol. The van der Waals surface area contributed by atoms with Gasteiger partial charge in [0, 0.05) is 31.6 Å². The van der Waals surface area contributed by atoms with E-state index < -0.39 is 0 Å². The predicted octanol–water partition coefficient (Wildman–Crippen LogP) is 4.00. The lowest BCUT2D eigenvalue weighted by molar-refractivity contribution is 0.553. The van der Waals surface area contributed by atoms with Crippen molar-refractivity contribution in [1.82, 2.24) is 24.3 Å². The third-order valence-electron chi connectivity index (χ3n) is 4.41. The van der Waals surface area contributed by atoms with E-state index in [1.807, 2.05) is 41.5 Å². The molecule has 0 aliphatic heterocycles. The number of aryl methyl sites for hydroxylation is 2. The van der Waals surface area contributed by atoms with E-state index in [0.29, 0.717) is 0 Å². The molecule has 4 heterocycles. The van der Waals surface area contributed by atoms with E-state index in [2.05, 4.69) is 47.2 Å². The number of pyridine rings is 1. The number of rotatable bonds is 3. The van der Waals surface area contributed by atoms with Gasteiger partial charge in [0.15, 0.2) is 11.6 Å². The fourth-order valence-corrected chi connectivity index (χ4v) is 2.87. The molecule has 134 valence electrons. The highest BCUT2D eigenvalue weighted by Crippen LogP contribution is 2.27. The molecule has 0 atom stereocenters. The second-order valence-electron chi connectivity index (χ2n) is 7.44. The molecule has 0 aliphatic carbocycles. The van der Waals surface area contributed by atoms with Crippen LogP contribution in [0.15, 0.2) is 41.1 Å². The van der Waals surface area contributed by atoms with Crippen LogP contribution >= 0.6 is 0 Å². The molecule has 0 spiro atoms. The number of anilines is 2. The zero-order valence-corrected chi connectivity index (χ0v) is 15.6. The number of nitrogens with zero attached hydrogens (tertiary/aromatic N) is 5. The van der Waals surface area contributed by atoms with Crippen LogP contribution in [0, 0.1) is 0 Å². The molecule has 7 heteroatoms. The predicted molar refractivity (Wildman–Crippen MR) is 101 cm³/mol. The lowest BCUT2D eigenvalue weighted by Crippen LogP contribution is -2.12. The smallest absolute Gasteiger partial charge is 0.177 e. The van der Waals surface area contributed by atoms with Gasteiger partial charge in [-0.05, 0) is 12.1 Å². The molecule has 0 unspecified atom stereocenters. The minimum absolute atomic E-state index is 0.00491. The first-order chi connectivity index (χ1) is 12.3. The van der Waals surface area contributed by atoms with Crippen molar-refractivity contribution in [3.63, 3.8) is 0 Å². The van der Waals surface area contributed by atoms with Crippen LogP contribution in [0.2, 0.25) is 0 Å². The highest BCUT2D eigenvalue weighted by Gasteiger charge is 2.19. The van der Waals surface area contributed by atoms with Crippen LogP contribution in [0.3, 0.4) is 0 Å². The van der Waals surface area contributed by atoms with Crippen molar-refractivity contribution in [2.75, 3.05) is 5.32 Å². The summed E-state index contributed by atoms with van der Waals surface area (Å²) in [4.78, 5) is 9.11. The number of imidazole rings is 1. The highest BCUT2D eigenvalue weighted by molar-refractivity contribution is 5.81. The largest absolute Gasteiger partial charge is 0.461 e. The van der Waals surface area contributed by atoms with Gasteiger partial charge >= 0.3 is 0 Å². The van der Waals surface area contributed by atoms with Crippen LogP contribution in [-0.2, 0) is 19.5 Å². The Morgan fingerprint density at radius 1 is 1.15 bits per heavy atom. The Balaban J connectivity index is 1.70. The topological polar surface area (TPSA) is 73.7 Å². The van der Waals surface area contributed by atoms with Crippen molar-refractivity contribution in [1.29, 1.82) is 0 Å². The van der Waals surface area contributed by atoms with Gasteiger partial charge in [0.05, 0.1) is 23.7 Å². The van der Waals surface area contributed by atoms with Crippen LogP contribution in [0.4, 0.5) is 11.6 Å². The molecule has 4 rings (SSSR count). The first-order valence-corrected chi connectivity index (χ1v) is 8.51. The van der Waals surface area contributed by atoms with Gasteiger partial charge in [0.25, 0.3) is 0 Å². The second-order valence-corrected chi connectivity index (χ2v) is 7.44. The van der Waals surface area contributed by atoms with E-state index in [0.717, 1.165) is 39.9 Å². The average Bonchev–Trinajstić information content (AvgIpc) is 3.28. The van der Waals surface area contributed by atoms with E-state index in [9.17, 15) is 0 Å². The molecule has 0 radical (unpaired) electrons. The molecule has 0 amide bonds. The van der Waals surface area contributed by atoms with Gasteiger partial charge in [-0.3, -0.25) is 4.68 Å². The number of furan rings is 1. The van der Waals surface area contributed by atoms with Crippen LogP contribution in [-0.4, -0.2) is 24.3 Å². The van der Waals surface area contributed by atoms with E-state index in [1.54, 1.807) is 12.5 Å². The molecule has 0 aromatic carbocycles. The molecule has 0 aliphatic rings. The normalized spacial score (nSPS) is 12.0. The minimum atomic E-state index is -0.00491. The molecule has 0 bridgehead atoms. The summed E-state index contributed by atoms with van der Waals surface area (Å²) in [5.74, 6) is 3.16. The van der Waals surface area contributed by atoms with Gasteiger partial charge in [0.1, 0.15) is 17.2 Å². The Morgan fingerprint density at radius 3 is 2.62 bits per heavy atom. The standard InChI is InChI=1S/C19H22N6O/c1-19(2,3)15-10-17(25(5)23-15)22-16-9-13-12(11-20-16)21-18(24(13)4)14-7-6-8-26-14/h6-11H,1-5H3,(H,20,22). The quantitative estimate of drug-likeness (QED) is 0.604. The van der Waals surface area contributed by atoms with Gasteiger partial charge < -0.3 is 14.3 Å². The van der Waals surface area contributed by atoms with Crippen molar-refractivity contribution in [3.05, 3.63) is 42.4 Å². The summed E-state index contributed by atoms with van der Waals surface area (Å²) in [5.41, 5.74) is 2.83. The van der Waals surface area contributed by atoms with Crippen molar-refractivity contribution >= 4 is 22.7 Å². The first-order valence-electron chi connectivity index (χ1n) is 8.51. The van der Waals surface area contributed by atoms with E-state index in [4.69, 9.17) is 4.42 Å². The van der Waals surface area contributed by atoms with Gasteiger partial charge in [-0.15, -0.1) is 0 Å². The Hall–Kier alpha value is -3.09. The van der Waals surface area contributed by atoms with Crippen molar-refractivity contribution < 1.29 is 4.42 Å². The highest BCUT2D eigenvalue weighted by atomic mass is 16.3. The SMILES string of the molecule is Cn1nc(C(C)(C)C)cc1Nc1cc2c(cn1)nc(-c1ccco1)n2C. The second kappa shape index (κ2) is 5.72. The Labute approximate surface area is 151 Å². The van der Waals surface area contributed by atoms with Gasteiger partial charge in [-0.1, -0.05) is 20.8 Å². The van der Waals surface area contributed by atoms with E-state index in [1.165, 1.54) is 0 Å². The summed E-state index contributed by atoms with van der Waals surface area (Å²) in [7, 11) is 3.90. The van der Waals surface area contributed by atoms with Crippen LogP contribution in [0.25, 0.3) is 22.6 Å². The summed E-state index contributed by atoms with van der Waals surface area (Å²) >= 11 is 0. The maximum absolute atomic E-state index is 5.48. The Morgan fingerprint density at radius 2 is 1.96 bits per heavy atom. The average molecular weight is 350 g/mol. The fourth-order valence-electron chi connectivity index (χ4n) is 2.87. The van der Waals surface area contributed by atoms with Crippen LogP contribution < -0.4 is 5.32 Å². The maximum atomic E-state index is 5.48. The van der Waals surface area contributed by atoms with Gasteiger partial charge in [-0.2, -0.15) is 5.10 Å². The van der Waals surface area contributed by atoms with Crippen molar-refractivity contribution in [3.8, 4) is 11.6 Å². The number of hydrogen-bond donors (Lipinski definition) is 1. The molecule has 4 aromatic rings. The summed E-state index contributed by atoms with van der Waals surface area (Å²) in [5, 5.41) is 7.95. The zero-order valence-electron chi connectivity index (χ0n) is 15.6. The third-order valence-corrected chi connectivity index (χ3v) is 4.41. The van der Waals surface area contributed by atoms with E-state index >= 15 is 0 Å². The molecule has 26 heavy (non-hydrogen) atoms. The van der Waals surface area contributed by atoms with Crippen molar-refractivity contribution in [2.45, 2.75) is 26.2 Å². The van der Waals surface area contributed by atoms with E-state index in [-0.39, 0.29) is 5.41 Å². The molecule has 7 nitrogen and oxygen atoms in total. The number of fused-ring (bicyclic) bond motifs is 1. The fraction of sp³-hybridized carbons (Fsp3) is 0.316. The van der Waals surface area contributed by atoms with Gasteiger partial charge in [-0.25, -0.2) is 9.97 Å². The maximum Gasteiger partial charge on any atom is 0.177 e. The number of hydrogen-bond acceptors (Lipinski definition) is 5. The van der Waals surface area contributed by atoms with Crippen LogP contribution in [0.1, 0.15) is 26.5 Å². The molecule has 0 saturated heterocycles. The molecule has 4 aromatic heterocycles. The molecule has 1 N–H and O–H groups in total. The number of aromatic nitrogens is 5. The lowest BCUT2D eigenvalue weighted by atomic mass is 9.92. The third kappa shape index (κ3) is 2.75.